The Bertz CT molecular complexity index is 1080. The first-order valence-electron chi connectivity index (χ1n) is 9.86. The molecule has 1 aliphatic carbocycles. The molecule has 6 heteroatoms. The number of hydrazine groups is 1. The largest absolute Gasteiger partial charge is 0.383 e. The van der Waals surface area contributed by atoms with Crippen LogP contribution in [-0.4, -0.2) is 29.9 Å². The van der Waals surface area contributed by atoms with Crippen LogP contribution < -0.4 is 5.73 Å². The number of hydrogen-bond acceptors (Lipinski definition) is 5. The Morgan fingerprint density at radius 1 is 1.07 bits per heavy atom. The first kappa shape index (κ1) is 20.2. The summed E-state index contributed by atoms with van der Waals surface area (Å²) in [7, 11) is 3.73. The van der Waals surface area contributed by atoms with E-state index in [9.17, 15) is 10.1 Å². The molecule has 2 N–H and O–H groups in total. The minimum Gasteiger partial charge on any atom is -0.383 e. The van der Waals surface area contributed by atoms with Gasteiger partial charge < -0.3 is 5.73 Å². The predicted octanol–water partition coefficient (Wildman–Crippen LogP) is 4.31. The van der Waals surface area contributed by atoms with Gasteiger partial charge in [-0.25, -0.2) is 5.01 Å². The van der Waals surface area contributed by atoms with Crippen molar-refractivity contribution in [2.75, 3.05) is 14.1 Å². The van der Waals surface area contributed by atoms with Gasteiger partial charge in [0.25, 0.3) is 0 Å². The normalized spacial score (nSPS) is 21.7. The summed E-state index contributed by atoms with van der Waals surface area (Å²) in [5.74, 6) is 0.00441. The molecule has 0 aromatic heterocycles. The minimum absolute atomic E-state index is 0.0529. The molecule has 0 spiro atoms. The highest BCUT2D eigenvalue weighted by Crippen LogP contribution is 2.48. The standard InChI is InChI=1S/C24H23ClN4O/c1-28(2)29-20-12-17(15-6-4-3-5-7-15)13-21(30)23(20)22(19(14-26)24(29)27)16-8-10-18(25)11-9-16/h3-11,17,22H,12-13,27H2,1-2H3/t17-,22+/m0/s1. The second-order valence-corrected chi connectivity index (χ2v) is 8.29. The van der Waals surface area contributed by atoms with Crippen molar-refractivity contribution in [1.82, 2.24) is 10.0 Å². The van der Waals surface area contributed by atoms with Crippen molar-refractivity contribution in [3.05, 3.63) is 93.4 Å². The maximum absolute atomic E-state index is 13.5. The van der Waals surface area contributed by atoms with E-state index in [1.807, 2.05) is 54.4 Å². The Hall–Kier alpha value is -3.07. The van der Waals surface area contributed by atoms with E-state index in [2.05, 4.69) is 18.2 Å². The van der Waals surface area contributed by atoms with Gasteiger partial charge in [0.2, 0.25) is 0 Å². The van der Waals surface area contributed by atoms with Crippen LogP contribution in [0.3, 0.4) is 0 Å². The van der Waals surface area contributed by atoms with Gasteiger partial charge in [-0.1, -0.05) is 54.1 Å². The Labute approximate surface area is 181 Å². The number of hydrogen-bond donors (Lipinski definition) is 1. The molecule has 0 saturated heterocycles. The first-order chi connectivity index (χ1) is 14.4. The van der Waals surface area contributed by atoms with Crippen molar-refractivity contribution >= 4 is 17.4 Å². The fourth-order valence-corrected chi connectivity index (χ4v) is 4.64. The van der Waals surface area contributed by atoms with E-state index >= 15 is 0 Å². The highest BCUT2D eigenvalue weighted by molar-refractivity contribution is 6.30. The summed E-state index contributed by atoms with van der Waals surface area (Å²) in [5.41, 5.74) is 10.4. The molecule has 0 bridgehead atoms. The summed E-state index contributed by atoms with van der Waals surface area (Å²) >= 11 is 6.07. The number of nitriles is 1. The topological polar surface area (TPSA) is 73.4 Å². The lowest BCUT2D eigenvalue weighted by molar-refractivity contribution is -0.117. The van der Waals surface area contributed by atoms with Gasteiger partial charge in [0.15, 0.2) is 5.78 Å². The van der Waals surface area contributed by atoms with Crippen LogP contribution >= 0.6 is 11.6 Å². The Balaban J connectivity index is 1.89. The Morgan fingerprint density at radius 3 is 2.33 bits per heavy atom. The molecule has 2 aromatic carbocycles. The third kappa shape index (κ3) is 3.39. The zero-order valence-electron chi connectivity index (χ0n) is 17.0. The third-order valence-corrected chi connectivity index (χ3v) is 6.07. The first-order valence-corrected chi connectivity index (χ1v) is 10.2. The van der Waals surface area contributed by atoms with Crippen LogP contribution in [0.4, 0.5) is 0 Å². The van der Waals surface area contributed by atoms with E-state index in [0.29, 0.717) is 34.8 Å². The van der Waals surface area contributed by atoms with Crippen molar-refractivity contribution in [3.63, 3.8) is 0 Å². The van der Waals surface area contributed by atoms with Crippen molar-refractivity contribution in [2.24, 2.45) is 5.73 Å². The zero-order chi connectivity index (χ0) is 21.4. The second kappa shape index (κ2) is 7.98. The monoisotopic (exact) mass is 418 g/mol. The molecule has 2 aromatic rings. The van der Waals surface area contributed by atoms with E-state index in [0.717, 1.165) is 16.8 Å². The van der Waals surface area contributed by atoms with Crippen LogP contribution in [0.15, 0.2) is 77.3 Å². The van der Waals surface area contributed by atoms with Gasteiger partial charge in [0, 0.05) is 36.8 Å². The molecule has 5 nitrogen and oxygen atoms in total. The predicted molar refractivity (Wildman–Crippen MR) is 117 cm³/mol. The molecule has 0 unspecified atom stereocenters. The fourth-order valence-electron chi connectivity index (χ4n) is 4.52. The van der Waals surface area contributed by atoms with Crippen LogP contribution in [0.2, 0.25) is 5.02 Å². The Morgan fingerprint density at radius 2 is 1.73 bits per heavy atom. The van der Waals surface area contributed by atoms with E-state index in [4.69, 9.17) is 17.3 Å². The summed E-state index contributed by atoms with van der Waals surface area (Å²) in [4.78, 5) is 13.5. The van der Waals surface area contributed by atoms with Crippen LogP contribution in [0, 0.1) is 11.3 Å². The SMILES string of the molecule is CN(C)N1C(N)=C(C#N)[C@@H](c2ccc(Cl)cc2)C2=C1C[C@H](c1ccccc1)CC2=O. The van der Waals surface area contributed by atoms with E-state index < -0.39 is 5.92 Å². The van der Waals surface area contributed by atoms with Gasteiger partial charge in [0.05, 0.1) is 17.6 Å². The zero-order valence-corrected chi connectivity index (χ0v) is 17.7. The summed E-state index contributed by atoms with van der Waals surface area (Å²) in [5, 5.41) is 14.2. The molecule has 1 aliphatic heterocycles. The van der Waals surface area contributed by atoms with Gasteiger partial charge >= 0.3 is 0 Å². The summed E-state index contributed by atoms with van der Waals surface area (Å²) in [6.45, 7) is 0. The summed E-state index contributed by atoms with van der Waals surface area (Å²) in [6.07, 6.45) is 1.08. The number of halogens is 1. The van der Waals surface area contributed by atoms with Crippen LogP contribution in [0.5, 0.6) is 0 Å². The minimum atomic E-state index is -0.484. The van der Waals surface area contributed by atoms with Crippen molar-refractivity contribution < 1.29 is 4.79 Å². The maximum Gasteiger partial charge on any atom is 0.162 e. The second-order valence-electron chi connectivity index (χ2n) is 7.85. The van der Waals surface area contributed by atoms with Gasteiger partial charge in [0.1, 0.15) is 5.82 Å². The molecule has 0 fully saturated rings. The number of Topliss-reactive ketones (excluding diaryl/α,β-unsaturated/α-hetero) is 1. The lowest BCUT2D eigenvalue weighted by Gasteiger charge is -2.43. The van der Waals surface area contributed by atoms with Crippen LogP contribution in [-0.2, 0) is 4.79 Å². The molecular formula is C24H23ClN4O. The van der Waals surface area contributed by atoms with E-state index in [-0.39, 0.29) is 11.7 Å². The number of carbonyl (C=O) groups excluding carboxylic acids is 1. The quantitative estimate of drug-likeness (QED) is 0.803. The molecule has 0 amide bonds. The lowest BCUT2D eigenvalue weighted by Crippen LogP contribution is -2.46. The number of benzene rings is 2. The van der Waals surface area contributed by atoms with E-state index in [1.54, 1.807) is 12.1 Å². The van der Waals surface area contributed by atoms with E-state index in [1.165, 1.54) is 0 Å². The number of nitrogens with zero attached hydrogens (tertiary/aromatic N) is 3. The average molecular weight is 419 g/mol. The maximum atomic E-state index is 13.5. The highest BCUT2D eigenvalue weighted by Gasteiger charge is 2.43. The third-order valence-electron chi connectivity index (χ3n) is 5.81. The summed E-state index contributed by atoms with van der Waals surface area (Å²) < 4.78 is 0. The number of allylic oxidation sites excluding steroid dienone is 3. The number of nitrogens with two attached hydrogens (primary N) is 1. The molecule has 2 aliphatic rings. The summed E-state index contributed by atoms with van der Waals surface area (Å²) in [6, 6.07) is 19.6. The van der Waals surface area contributed by atoms with Crippen LogP contribution in [0.25, 0.3) is 0 Å². The van der Waals surface area contributed by atoms with Gasteiger partial charge in [-0.3, -0.25) is 9.80 Å². The lowest BCUT2D eigenvalue weighted by atomic mass is 9.72. The van der Waals surface area contributed by atoms with Gasteiger partial charge in [-0.05, 0) is 35.6 Å². The van der Waals surface area contributed by atoms with Crippen LogP contribution in [0.1, 0.15) is 35.8 Å². The molecule has 4 rings (SSSR count). The fraction of sp³-hybridized carbons (Fsp3) is 0.250. The molecule has 0 radical (unpaired) electrons. The molecule has 30 heavy (non-hydrogen) atoms. The molecule has 2 atom stereocenters. The molecular weight excluding hydrogens is 396 g/mol. The van der Waals surface area contributed by atoms with Gasteiger partial charge in [-0.2, -0.15) is 5.26 Å². The van der Waals surface area contributed by atoms with Crippen molar-refractivity contribution in [2.45, 2.75) is 24.7 Å². The highest BCUT2D eigenvalue weighted by atomic mass is 35.5. The number of rotatable bonds is 3. The number of ketones is 1. The van der Waals surface area contributed by atoms with Crippen molar-refractivity contribution in [3.8, 4) is 6.07 Å². The smallest absolute Gasteiger partial charge is 0.162 e. The molecule has 1 heterocycles. The number of carbonyl (C=O) groups is 1. The molecule has 0 saturated carbocycles. The van der Waals surface area contributed by atoms with Gasteiger partial charge in [-0.15, -0.1) is 0 Å². The van der Waals surface area contributed by atoms with Crippen molar-refractivity contribution in [1.29, 1.82) is 5.26 Å². The Kier molecular flexibility index (Phi) is 5.38. The average Bonchev–Trinajstić information content (AvgIpc) is 2.73. The molecule has 152 valence electrons.